The Labute approximate surface area is 188 Å². The summed E-state index contributed by atoms with van der Waals surface area (Å²) in [6.07, 6.45) is 1.80. The lowest BCUT2D eigenvalue weighted by atomic mass is 10.1. The first-order chi connectivity index (χ1) is 14.4. The van der Waals surface area contributed by atoms with Gasteiger partial charge in [-0.15, -0.1) is 0 Å². The average molecular weight is 481 g/mol. The quantitative estimate of drug-likeness (QED) is 0.379. The third kappa shape index (κ3) is 4.30. The van der Waals surface area contributed by atoms with Crippen molar-refractivity contribution in [2.75, 3.05) is 6.54 Å². The molecule has 0 spiro atoms. The van der Waals surface area contributed by atoms with Gasteiger partial charge in [0.2, 0.25) is 0 Å². The first-order valence-corrected chi connectivity index (χ1v) is 11.3. The number of amidine groups is 1. The second-order valence-electron chi connectivity index (χ2n) is 7.05. The molecule has 0 atom stereocenters. The fraction of sp³-hybridized carbons (Fsp3) is 0.167. The molecule has 1 amide bonds. The van der Waals surface area contributed by atoms with Gasteiger partial charge in [0, 0.05) is 22.7 Å². The first-order valence-electron chi connectivity index (χ1n) is 9.67. The van der Waals surface area contributed by atoms with Crippen LogP contribution in [0.15, 0.2) is 73.4 Å². The van der Waals surface area contributed by atoms with Gasteiger partial charge < -0.3 is 4.42 Å². The summed E-state index contributed by atoms with van der Waals surface area (Å²) in [6.45, 7) is 6.59. The highest BCUT2D eigenvalue weighted by Crippen LogP contribution is 2.35. The van der Waals surface area contributed by atoms with Gasteiger partial charge in [0.05, 0.1) is 10.6 Å². The van der Waals surface area contributed by atoms with Crippen LogP contribution in [0.25, 0.3) is 17.4 Å². The third-order valence-corrected chi connectivity index (χ3v) is 6.35. The van der Waals surface area contributed by atoms with E-state index in [1.165, 1.54) is 11.8 Å². The lowest BCUT2D eigenvalue weighted by Crippen LogP contribution is -2.28. The zero-order valence-corrected chi connectivity index (χ0v) is 19.4. The lowest BCUT2D eigenvalue weighted by molar-refractivity contribution is -0.122. The number of thioether (sulfide) groups is 1. The third-order valence-electron chi connectivity index (χ3n) is 4.81. The molecule has 1 fully saturated rings. The maximum Gasteiger partial charge on any atom is 0.266 e. The molecule has 152 valence electrons. The number of benzene rings is 2. The fourth-order valence-corrected chi connectivity index (χ4v) is 4.44. The van der Waals surface area contributed by atoms with Crippen LogP contribution in [0.2, 0.25) is 0 Å². The Bertz CT molecular complexity index is 1160. The van der Waals surface area contributed by atoms with E-state index in [0.29, 0.717) is 22.4 Å². The summed E-state index contributed by atoms with van der Waals surface area (Å²) in [5, 5.41) is 0.696. The van der Waals surface area contributed by atoms with Crippen molar-refractivity contribution < 1.29 is 9.21 Å². The number of nitrogens with zero attached hydrogens (tertiary/aromatic N) is 2. The van der Waals surface area contributed by atoms with E-state index in [1.54, 1.807) is 11.0 Å². The summed E-state index contributed by atoms with van der Waals surface area (Å²) in [7, 11) is 0. The molecule has 3 aromatic rings. The number of furan rings is 1. The van der Waals surface area contributed by atoms with Gasteiger partial charge in [-0.25, -0.2) is 4.99 Å². The molecule has 0 radical (unpaired) electrons. The second kappa shape index (κ2) is 8.66. The number of amides is 1. The first kappa shape index (κ1) is 20.7. The summed E-state index contributed by atoms with van der Waals surface area (Å²) in [5.41, 5.74) is 4.10. The van der Waals surface area contributed by atoms with Gasteiger partial charge in [0.25, 0.3) is 5.91 Å². The van der Waals surface area contributed by atoms with Crippen molar-refractivity contribution >= 4 is 50.5 Å². The van der Waals surface area contributed by atoms with Crippen LogP contribution < -0.4 is 0 Å². The van der Waals surface area contributed by atoms with Gasteiger partial charge in [0.1, 0.15) is 11.5 Å². The van der Waals surface area contributed by atoms with Crippen LogP contribution in [0.1, 0.15) is 23.8 Å². The minimum Gasteiger partial charge on any atom is -0.457 e. The maximum atomic E-state index is 12.9. The minimum absolute atomic E-state index is 0.0480. The molecule has 0 saturated carbocycles. The van der Waals surface area contributed by atoms with Crippen LogP contribution in [0.3, 0.4) is 0 Å². The van der Waals surface area contributed by atoms with Gasteiger partial charge in [-0.05, 0) is 74.0 Å². The average Bonchev–Trinajstić information content (AvgIpc) is 3.30. The zero-order chi connectivity index (χ0) is 21.3. The fourth-order valence-electron chi connectivity index (χ4n) is 3.14. The predicted octanol–water partition coefficient (Wildman–Crippen LogP) is 6.95. The number of aryl methyl sites for hydroxylation is 2. The van der Waals surface area contributed by atoms with Crippen molar-refractivity contribution in [3.05, 3.63) is 80.9 Å². The van der Waals surface area contributed by atoms with Gasteiger partial charge in [0.15, 0.2) is 5.17 Å². The molecular weight excluding hydrogens is 460 g/mol. The second-order valence-corrected chi connectivity index (χ2v) is 8.98. The lowest BCUT2D eigenvalue weighted by Gasteiger charge is -2.12. The van der Waals surface area contributed by atoms with Crippen molar-refractivity contribution in [1.29, 1.82) is 0 Å². The normalized spacial score (nSPS) is 16.8. The summed E-state index contributed by atoms with van der Waals surface area (Å²) >= 11 is 4.83. The SMILES string of the molecule is CCN1C(=O)/C(=C\c2ccc(-c3ccc(Br)cc3)o2)SC1=Nc1cc(C)ccc1C. The number of rotatable bonds is 4. The Morgan fingerprint density at radius 3 is 2.60 bits per heavy atom. The molecule has 4 nitrogen and oxygen atoms in total. The van der Waals surface area contributed by atoms with Crippen molar-refractivity contribution in [2.45, 2.75) is 20.8 Å². The molecule has 0 bridgehead atoms. The predicted molar refractivity (Wildman–Crippen MR) is 128 cm³/mol. The zero-order valence-electron chi connectivity index (χ0n) is 17.0. The number of hydrogen-bond donors (Lipinski definition) is 0. The van der Waals surface area contributed by atoms with Gasteiger partial charge in [-0.1, -0.05) is 40.2 Å². The van der Waals surface area contributed by atoms with Crippen LogP contribution in [0, 0.1) is 13.8 Å². The van der Waals surface area contributed by atoms with E-state index in [-0.39, 0.29) is 5.91 Å². The Morgan fingerprint density at radius 2 is 1.87 bits per heavy atom. The van der Waals surface area contributed by atoms with Crippen molar-refractivity contribution in [1.82, 2.24) is 4.90 Å². The van der Waals surface area contributed by atoms with E-state index in [2.05, 4.69) is 28.1 Å². The Balaban J connectivity index is 1.63. The van der Waals surface area contributed by atoms with Crippen molar-refractivity contribution in [2.24, 2.45) is 4.99 Å². The molecular formula is C24H21BrN2O2S. The molecule has 2 aromatic carbocycles. The van der Waals surface area contributed by atoms with Gasteiger partial charge >= 0.3 is 0 Å². The van der Waals surface area contributed by atoms with Crippen LogP contribution in [-0.2, 0) is 4.79 Å². The number of carbonyl (C=O) groups excluding carboxylic acids is 1. The van der Waals surface area contributed by atoms with Crippen LogP contribution >= 0.6 is 27.7 Å². The van der Waals surface area contributed by atoms with Crippen LogP contribution in [-0.4, -0.2) is 22.5 Å². The van der Waals surface area contributed by atoms with Gasteiger partial charge in [-0.2, -0.15) is 0 Å². The number of aliphatic imine (C=N–C) groups is 1. The monoisotopic (exact) mass is 480 g/mol. The molecule has 0 aliphatic carbocycles. The molecule has 1 saturated heterocycles. The van der Waals surface area contributed by atoms with Crippen molar-refractivity contribution in [3.63, 3.8) is 0 Å². The summed E-state index contributed by atoms with van der Waals surface area (Å²) < 4.78 is 6.98. The van der Waals surface area contributed by atoms with E-state index in [1.807, 2.05) is 63.2 Å². The molecule has 0 N–H and O–H groups in total. The molecule has 0 unspecified atom stereocenters. The molecule has 1 aliphatic rings. The molecule has 6 heteroatoms. The maximum absolute atomic E-state index is 12.9. The van der Waals surface area contributed by atoms with Crippen LogP contribution in [0.5, 0.6) is 0 Å². The van der Waals surface area contributed by atoms with E-state index in [0.717, 1.165) is 32.6 Å². The number of carbonyl (C=O) groups is 1. The summed E-state index contributed by atoms with van der Waals surface area (Å²) in [4.78, 5) is 20.0. The summed E-state index contributed by atoms with van der Waals surface area (Å²) in [6, 6.07) is 17.9. The van der Waals surface area contributed by atoms with Gasteiger partial charge in [-0.3, -0.25) is 9.69 Å². The molecule has 1 aliphatic heterocycles. The smallest absolute Gasteiger partial charge is 0.266 e. The molecule has 4 rings (SSSR count). The molecule has 1 aromatic heterocycles. The van der Waals surface area contributed by atoms with E-state index < -0.39 is 0 Å². The minimum atomic E-state index is -0.0480. The Kier molecular flexibility index (Phi) is 5.97. The molecule has 30 heavy (non-hydrogen) atoms. The largest absolute Gasteiger partial charge is 0.457 e. The highest BCUT2D eigenvalue weighted by Gasteiger charge is 2.32. The van der Waals surface area contributed by atoms with Crippen molar-refractivity contribution in [3.8, 4) is 11.3 Å². The standard InChI is InChI=1S/C24H21BrN2O2S/c1-4-27-23(28)22(30-24(27)26-20-13-15(2)5-6-16(20)3)14-19-11-12-21(29-19)17-7-9-18(25)10-8-17/h5-14H,4H2,1-3H3/b22-14+,26-24?. The summed E-state index contributed by atoms with van der Waals surface area (Å²) in [5.74, 6) is 1.36. The van der Waals surface area contributed by atoms with E-state index in [9.17, 15) is 4.79 Å². The Morgan fingerprint density at radius 1 is 1.10 bits per heavy atom. The van der Waals surface area contributed by atoms with E-state index in [4.69, 9.17) is 9.41 Å². The topological polar surface area (TPSA) is 45.8 Å². The number of halogens is 1. The molecule has 2 heterocycles. The highest BCUT2D eigenvalue weighted by molar-refractivity contribution is 9.10. The number of likely N-dealkylation sites (N-methyl/N-ethyl adjacent to an activating group) is 1. The van der Waals surface area contributed by atoms with Crippen LogP contribution in [0.4, 0.5) is 5.69 Å². The highest BCUT2D eigenvalue weighted by atomic mass is 79.9. The Hall–Kier alpha value is -2.57. The number of hydrogen-bond acceptors (Lipinski definition) is 4. The van der Waals surface area contributed by atoms with E-state index >= 15 is 0 Å².